The summed E-state index contributed by atoms with van der Waals surface area (Å²) in [5.74, 6) is 3.18. The lowest BCUT2D eigenvalue weighted by Gasteiger charge is -2.41. The molecule has 0 heterocycles. The van der Waals surface area contributed by atoms with E-state index in [0.29, 0.717) is 11.8 Å². The van der Waals surface area contributed by atoms with Crippen molar-refractivity contribution in [3.63, 3.8) is 0 Å². The van der Waals surface area contributed by atoms with Crippen molar-refractivity contribution in [2.75, 3.05) is 11.5 Å². The van der Waals surface area contributed by atoms with Crippen LogP contribution in [-0.2, 0) is 9.53 Å². The molecule has 0 amide bonds. The number of carbonyl (C=O) groups is 1. The fraction of sp³-hybridized carbons (Fsp3) is 0.406. The molecular weight excluding hydrogens is 446 g/mol. The summed E-state index contributed by atoms with van der Waals surface area (Å²) < 4.78 is 12.3. The van der Waals surface area contributed by atoms with E-state index in [4.69, 9.17) is 9.47 Å². The number of ether oxygens (including phenoxy) is 2. The SMILES string of the molecule is Cc1cc(N(c2ccccc2)c2ccccc2)cc(C)c1OCC(=O)OC1(C)C2CC3CC(C2)C1C3. The Bertz CT molecular complexity index is 1190. The number of aryl methyl sites for hydroxylation is 2. The molecule has 4 saturated carbocycles. The van der Waals surface area contributed by atoms with E-state index in [1.807, 2.05) is 26.0 Å². The van der Waals surface area contributed by atoms with Crippen LogP contribution in [0, 0.1) is 37.5 Å². The van der Waals surface area contributed by atoms with Crippen LogP contribution in [0.25, 0.3) is 0 Å². The molecule has 4 aliphatic rings. The van der Waals surface area contributed by atoms with Gasteiger partial charge in [0.05, 0.1) is 0 Å². The van der Waals surface area contributed by atoms with Crippen LogP contribution in [0.3, 0.4) is 0 Å². The Labute approximate surface area is 214 Å². The topological polar surface area (TPSA) is 38.8 Å². The van der Waals surface area contributed by atoms with E-state index < -0.39 is 0 Å². The molecule has 186 valence electrons. The third-order valence-corrected chi connectivity index (χ3v) is 8.94. The van der Waals surface area contributed by atoms with Crippen molar-refractivity contribution in [1.29, 1.82) is 0 Å². The monoisotopic (exact) mass is 481 g/mol. The highest BCUT2D eigenvalue weighted by atomic mass is 16.6. The predicted molar refractivity (Wildman–Crippen MR) is 143 cm³/mol. The van der Waals surface area contributed by atoms with Crippen molar-refractivity contribution in [2.24, 2.45) is 23.7 Å². The van der Waals surface area contributed by atoms with Gasteiger partial charge in [-0.15, -0.1) is 0 Å². The Balaban J connectivity index is 1.20. The van der Waals surface area contributed by atoms with Crippen LogP contribution in [0.2, 0.25) is 0 Å². The molecular formula is C32H35NO3. The first-order valence-corrected chi connectivity index (χ1v) is 13.3. The van der Waals surface area contributed by atoms with Gasteiger partial charge in [0.25, 0.3) is 0 Å². The largest absolute Gasteiger partial charge is 0.481 e. The standard InChI is InChI=1S/C32H35NO3/c1-21-14-28(33(26-10-6-4-7-11-26)27-12-8-5-9-13-27)15-22(2)31(21)35-20-30(34)36-32(3)25-17-23-16-24(19-25)29(32)18-23/h4-15,23-25,29H,16-20H2,1-3H3. The quantitative estimate of drug-likeness (QED) is 0.327. The van der Waals surface area contributed by atoms with E-state index in [0.717, 1.165) is 45.8 Å². The fourth-order valence-corrected chi connectivity index (χ4v) is 7.48. The van der Waals surface area contributed by atoms with E-state index in [2.05, 4.69) is 72.5 Å². The number of para-hydroxylation sites is 2. The van der Waals surface area contributed by atoms with Crippen LogP contribution in [0.4, 0.5) is 17.1 Å². The zero-order valence-corrected chi connectivity index (χ0v) is 21.4. The van der Waals surface area contributed by atoms with Crippen LogP contribution in [0.15, 0.2) is 72.8 Å². The fourth-order valence-electron chi connectivity index (χ4n) is 7.48. The van der Waals surface area contributed by atoms with Crippen LogP contribution < -0.4 is 9.64 Å². The summed E-state index contributed by atoms with van der Waals surface area (Å²) in [5.41, 5.74) is 4.93. The van der Waals surface area contributed by atoms with Gasteiger partial charge in [0.2, 0.25) is 0 Å². The van der Waals surface area contributed by atoms with Gasteiger partial charge in [0.15, 0.2) is 6.61 Å². The second kappa shape index (κ2) is 8.99. The van der Waals surface area contributed by atoms with E-state index in [1.54, 1.807) is 0 Å². The van der Waals surface area contributed by atoms with Crippen molar-refractivity contribution in [3.8, 4) is 5.75 Å². The second-order valence-electron chi connectivity index (χ2n) is 11.2. The molecule has 4 nitrogen and oxygen atoms in total. The highest BCUT2D eigenvalue weighted by Gasteiger charge is 2.62. The van der Waals surface area contributed by atoms with E-state index in [1.165, 1.54) is 25.7 Å². The third-order valence-electron chi connectivity index (χ3n) is 8.94. The van der Waals surface area contributed by atoms with Gasteiger partial charge in [-0.1, -0.05) is 36.4 Å². The van der Waals surface area contributed by atoms with Gasteiger partial charge >= 0.3 is 5.97 Å². The molecule has 4 fully saturated rings. The molecule has 0 aliphatic heterocycles. The number of anilines is 3. The molecule has 3 aromatic rings. The number of benzene rings is 3. The zero-order valence-electron chi connectivity index (χ0n) is 21.4. The van der Waals surface area contributed by atoms with Gasteiger partial charge in [-0.2, -0.15) is 0 Å². The van der Waals surface area contributed by atoms with Crippen molar-refractivity contribution >= 4 is 23.0 Å². The molecule has 3 aromatic carbocycles. The van der Waals surface area contributed by atoms with Crippen molar-refractivity contribution in [3.05, 3.63) is 83.9 Å². The number of rotatable bonds is 7. The summed E-state index contributed by atoms with van der Waals surface area (Å²) in [6.07, 6.45) is 5.00. The van der Waals surface area contributed by atoms with Crippen LogP contribution in [0.1, 0.15) is 43.7 Å². The molecule has 5 unspecified atom stereocenters. The first-order chi connectivity index (χ1) is 17.4. The molecule has 0 radical (unpaired) electrons. The molecule has 0 aromatic heterocycles. The molecule has 7 rings (SSSR count). The predicted octanol–water partition coefficient (Wildman–Crippen LogP) is 7.52. The smallest absolute Gasteiger partial charge is 0.344 e. The number of esters is 1. The third kappa shape index (κ3) is 3.97. The van der Waals surface area contributed by atoms with Gasteiger partial charge in [-0.3, -0.25) is 0 Å². The lowest BCUT2D eigenvalue weighted by Crippen LogP contribution is -2.45. The van der Waals surface area contributed by atoms with Gasteiger partial charge < -0.3 is 14.4 Å². The highest BCUT2D eigenvalue weighted by Crippen LogP contribution is 2.63. The Morgan fingerprint density at radius 2 is 1.47 bits per heavy atom. The van der Waals surface area contributed by atoms with Crippen molar-refractivity contribution in [2.45, 2.75) is 52.1 Å². The molecule has 4 bridgehead atoms. The summed E-state index contributed by atoms with van der Waals surface area (Å²) in [6, 6.07) is 25.0. The molecule has 5 atom stereocenters. The van der Waals surface area contributed by atoms with Crippen LogP contribution in [-0.4, -0.2) is 18.2 Å². The van der Waals surface area contributed by atoms with Gasteiger partial charge in [-0.05, 0) is 112 Å². The van der Waals surface area contributed by atoms with Gasteiger partial charge in [-0.25, -0.2) is 4.79 Å². The Morgan fingerprint density at radius 1 is 0.861 bits per heavy atom. The Kier molecular flexibility index (Phi) is 5.78. The van der Waals surface area contributed by atoms with Crippen LogP contribution in [0.5, 0.6) is 5.75 Å². The summed E-state index contributed by atoms with van der Waals surface area (Å²) >= 11 is 0. The minimum atomic E-state index is -0.308. The van der Waals surface area contributed by atoms with E-state index in [-0.39, 0.29) is 18.2 Å². The van der Waals surface area contributed by atoms with Gasteiger partial charge in [0, 0.05) is 23.0 Å². The molecule has 4 aliphatic carbocycles. The summed E-state index contributed by atoms with van der Waals surface area (Å²) in [7, 11) is 0. The zero-order chi connectivity index (χ0) is 24.9. The first kappa shape index (κ1) is 23.1. The summed E-state index contributed by atoms with van der Waals surface area (Å²) in [6.45, 7) is 6.21. The average Bonchev–Trinajstić information content (AvgIpc) is 3.26. The van der Waals surface area contributed by atoms with Gasteiger partial charge in [0.1, 0.15) is 11.4 Å². The number of nitrogens with zero attached hydrogens (tertiary/aromatic N) is 1. The normalized spacial score (nSPS) is 27.8. The van der Waals surface area contributed by atoms with Crippen molar-refractivity contribution in [1.82, 2.24) is 0 Å². The van der Waals surface area contributed by atoms with E-state index >= 15 is 0 Å². The van der Waals surface area contributed by atoms with E-state index in [9.17, 15) is 4.79 Å². The Morgan fingerprint density at radius 3 is 2.06 bits per heavy atom. The lowest BCUT2D eigenvalue weighted by molar-refractivity contribution is -0.173. The van der Waals surface area contributed by atoms with Crippen molar-refractivity contribution < 1.29 is 14.3 Å². The maximum atomic E-state index is 12.9. The molecule has 0 spiro atoms. The van der Waals surface area contributed by atoms with Crippen LogP contribution >= 0.6 is 0 Å². The second-order valence-corrected chi connectivity index (χ2v) is 11.2. The first-order valence-electron chi connectivity index (χ1n) is 13.3. The molecule has 0 saturated heterocycles. The number of hydrogen-bond donors (Lipinski definition) is 0. The number of hydrogen-bond acceptors (Lipinski definition) is 4. The Hall–Kier alpha value is -3.27. The maximum Gasteiger partial charge on any atom is 0.344 e. The minimum Gasteiger partial charge on any atom is -0.481 e. The summed E-state index contributed by atoms with van der Waals surface area (Å²) in [4.78, 5) is 15.2. The minimum absolute atomic E-state index is 0.0504. The highest BCUT2D eigenvalue weighted by molar-refractivity contribution is 5.78. The number of carbonyl (C=O) groups excluding carboxylic acids is 1. The maximum absolute atomic E-state index is 12.9. The molecule has 0 N–H and O–H groups in total. The average molecular weight is 482 g/mol. The molecule has 4 heteroatoms. The summed E-state index contributed by atoms with van der Waals surface area (Å²) in [5, 5.41) is 0. The molecule has 36 heavy (non-hydrogen) atoms. The lowest BCUT2D eigenvalue weighted by atomic mass is 9.73.